The summed E-state index contributed by atoms with van der Waals surface area (Å²) in [5.41, 5.74) is 14.5. The molecule has 0 N–H and O–H groups in total. The lowest BCUT2D eigenvalue weighted by atomic mass is 9.97. The summed E-state index contributed by atoms with van der Waals surface area (Å²) < 4.78 is 5.76. The van der Waals surface area contributed by atoms with Gasteiger partial charge in [-0.25, -0.2) is 9.97 Å². The first kappa shape index (κ1) is 35.6. The first-order chi connectivity index (χ1) is 31.2. The van der Waals surface area contributed by atoms with E-state index in [1.54, 1.807) is 11.3 Å². The molecule has 13 aromatic rings. The van der Waals surface area contributed by atoms with Crippen LogP contribution in [0.25, 0.3) is 120 Å². The van der Waals surface area contributed by atoms with Gasteiger partial charge in [0.15, 0.2) is 0 Å². The summed E-state index contributed by atoms with van der Waals surface area (Å²) in [5.74, 6) is 0.652. The first-order valence-electron chi connectivity index (χ1n) is 21.3. The number of benzene rings is 9. The van der Waals surface area contributed by atoms with Crippen LogP contribution in [0.5, 0.6) is 0 Å². The van der Waals surface area contributed by atoms with Crippen LogP contribution in [-0.2, 0) is 0 Å². The maximum atomic E-state index is 5.58. The van der Waals surface area contributed by atoms with Crippen LogP contribution in [0.4, 0.5) is 0 Å². The predicted molar refractivity (Wildman–Crippen MR) is 265 cm³/mol. The molecule has 0 atom stereocenters. The summed E-state index contributed by atoms with van der Waals surface area (Å²) in [4.78, 5) is 12.2. The maximum absolute atomic E-state index is 5.58. The lowest BCUT2D eigenvalue weighted by molar-refractivity contribution is 1.02. The highest BCUT2D eigenvalue weighted by molar-refractivity contribution is 7.22. The molecule has 0 saturated heterocycles. The number of hydrogen-bond acceptors (Lipinski definition) is 3. The van der Waals surface area contributed by atoms with Gasteiger partial charge in [0.2, 0.25) is 5.95 Å². The molecular formula is C58H36N4S. The van der Waals surface area contributed by atoms with Gasteiger partial charge < -0.3 is 4.57 Å². The Labute approximate surface area is 367 Å². The van der Waals surface area contributed by atoms with E-state index in [1.165, 1.54) is 54.3 Å². The van der Waals surface area contributed by atoms with E-state index in [9.17, 15) is 0 Å². The standard InChI is InChI=1S/C58H36N4S/c1-4-15-37(16-5-1)38-27-29-41(30-28-38)55-57-49(36-53(63-57)40-18-6-2-7-19-40)59-58(60-55)62-51-34-32-42(35-48(51)46-33-31-39-17-10-11-22-45(39)56(46)62)44-24-14-26-52-54(44)47-23-12-13-25-50(47)61(52)43-20-8-3-9-21-43/h1-36H. The molecule has 4 heterocycles. The van der Waals surface area contributed by atoms with Gasteiger partial charge in [-0.3, -0.25) is 4.57 Å². The highest BCUT2D eigenvalue weighted by Gasteiger charge is 2.22. The van der Waals surface area contributed by atoms with Gasteiger partial charge in [0.05, 0.1) is 38.0 Å². The maximum Gasteiger partial charge on any atom is 0.235 e. The Balaban J connectivity index is 1.07. The molecule has 4 nitrogen and oxygen atoms in total. The molecule has 4 aromatic heterocycles. The van der Waals surface area contributed by atoms with Crippen molar-refractivity contribution in [1.82, 2.24) is 19.1 Å². The van der Waals surface area contributed by atoms with Gasteiger partial charge in [-0.15, -0.1) is 11.3 Å². The summed E-state index contributed by atoms with van der Waals surface area (Å²) in [7, 11) is 0. The minimum Gasteiger partial charge on any atom is -0.309 e. The smallest absolute Gasteiger partial charge is 0.235 e. The summed E-state index contributed by atoms with van der Waals surface area (Å²) in [6, 6.07) is 78.5. The Bertz CT molecular complexity index is 3880. The van der Waals surface area contributed by atoms with Crippen molar-refractivity contribution >= 4 is 75.9 Å². The van der Waals surface area contributed by atoms with Crippen LogP contribution in [0.2, 0.25) is 0 Å². The van der Waals surface area contributed by atoms with Crippen molar-refractivity contribution in [3.05, 3.63) is 218 Å². The van der Waals surface area contributed by atoms with Crippen LogP contribution < -0.4 is 0 Å². The minimum atomic E-state index is 0.652. The van der Waals surface area contributed by atoms with E-state index in [-0.39, 0.29) is 0 Å². The van der Waals surface area contributed by atoms with Crippen molar-refractivity contribution < 1.29 is 0 Å². The van der Waals surface area contributed by atoms with E-state index in [4.69, 9.17) is 9.97 Å². The zero-order valence-corrected chi connectivity index (χ0v) is 34.8. The van der Waals surface area contributed by atoms with E-state index >= 15 is 0 Å². The van der Waals surface area contributed by atoms with Crippen LogP contribution in [0.1, 0.15) is 0 Å². The van der Waals surface area contributed by atoms with Gasteiger partial charge in [0, 0.05) is 43.1 Å². The fourth-order valence-corrected chi connectivity index (χ4v) is 10.8. The monoisotopic (exact) mass is 820 g/mol. The third-order valence-corrected chi connectivity index (χ3v) is 13.7. The molecular weight excluding hydrogens is 785 g/mol. The second-order valence-electron chi connectivity index (χ2n) is 16.1. The lowest BCUT2D eigenvalue weighted by Crippen LogP contribution is -2.03. The predicted octanol–water partition coefficient (Wildman–Crippen LogP) is 15.7. The number of aromatic nitrogens is 4. The Hall–Kier alpha value is -8.12. The van der Waals surface area contributed by atoms with Crippen LogP contribution in [0.15, 0.2) is 218 Å². The van der Waals surface area contributed by atoms with Crippen molar-refractivity contribution in [3.8, 4) is 55.6 Å². The lowest BCUT2D eigenvalue weighted by Gasteiger charge is -2.12. The number of thiophene rings is 1. The van der Waals surface area contributed by atoms with Crippen LogP contribution >= 0.6 is 11.3 Å². The van der Waals surface area contributed by atoms with Crippen LogP contribution in [0.3, 0.4) is 0 Å². The zero-order valence-electron chi connectivity index (χ0n) is 34.0. The zero-order chi connectivity index (χ0) is 41.4. The molecule has 0 aliphatic rings. The fraction of sp³-hybridized carbons (Fsp3) is 0. The number of para-hydroxylation sites is 2. The average molecular weight is 821 g/mol. The molecule has 0 spiro atoms. The fourth-order valence-electron chi connectivity index (χ4n) is 9.68. The van der Waals surface area contributed by atoms with E-state index in [1.807, 2.05) is 0 Å². The Kier molecular flexibility index (Phi) is 8.05. The molecule has 294 valence electrons. The summed E-state index contributed by atoms with van der Waals surface area (Å²) in [5, 5.41) is 7.13. The largest absolute Gasteiger partial charge is 0.309 e. The quantitative estimate of drug-likeness (QED) is 0.167. The SMILES string of the molecule is c1ccc(-c2ccc(-c3nc(-n4c5ccc(-c6cccc7c6c6ccccc6n7-c6ccccc6)cc5c5ccc6ccccc6c54)nc4cc(-c5ccccc5)sc34)cc2)cc1. The number of hydrogen-bond donors (Lipinski definition) is 0. The Morgan fingerprint density at radius 2 is 1.02 bits per heavy atom. The van der Waals surface area contributed by atoms with Crippen molar-refractivity contribution in [3.63, 3.8) is 0 Å². The third kappa shape index (κ3) is 5.67. The Morgan fingerprint density at radius 3 is 1.83 bits per heavy atom. The molecule has 0 fully saturated rings. The molecule has 9 aromatic carbocycles. The molecule has 0 saturated carbocycles. The number of rotatable bonds is 6. The van der Waals surface area contributed by atoms with Gasteiger partial charge in [-0.2, -0.15) is 0 Å². The minimum absolute atomic E-state index is 0.652. The molecule has 0 bridgehead atoms. The van der Waals surface area contributed by atoms with E-state index in [2.05, 4.69) is 228 Å². The van der Waals surface area contributed by atoms with Gasteiger partial charge in [0.25, 0.3) is 0 Å². The molecule has 5 heteroatoms. The summed E-state index contributed by atoms with van der Waals surface area (Å²) in [6.45, 7) is 0. The van der Waals surface area contributed by atoms with Gasteiger partial charge >= 0.3 is 0 Å². The highest BCUT2D eigenvalue weighted by atomic mass is 32.1. The van der Waals surface area contributed by atoms with E-state index in [0.29, 0.717) is 5.95 Å². The molecule has 63 heavy (non-hydrogen) atoms. The molecule has 0 unspecified atom stereocenters. The molecule has 0 aliphatic heterocycles. The number of fused-ring (bicyclic) bond motifs is 9. The molecule has 13 rings (SSSR count). The van der Waals surface area contributed by atoms with Crippen molar-refractivity contribution in [2.45, 2.75) is 0 Å². The molecule has 0 aliphatic carbocycles. The van der Waals surface area contributed by atoms with Gasteiger partial charge in [-0.05, 0) is 75.7 Å². The van der Waals surface area contributed by atoms with E-state index in [0.717, 1.165) is 59.9 Å². The van der Waals surface area contributed by atoms with Crippen molar-refractivity contribution in [2.24, 2.45) is 0 Å². The van der Waals surface area contributed by atoms with Gasteiger partial charge in [-0.1, -0.05) is 176 Å². The van der Waals surface area contributed by atoms with Crippen LogP contribution in [-0.4, -0.2) is 19.1 Å². The van der Waals surface area contributed by atoms with Crippen LogP contribution in [0, 0.1) is 0 Å². The summed E-state index contributed by atoms with van der Waals surface area (Å²) in [6.07, 6.45) is 0. The normalized spacial score (nSPS) is 11.8. The van der Waals surface area contributed by atoms with Gasteiger partial charge in [0.1, 0.15) is 0 Å². The summed E-state index contributed by atoms with van der Waals surface area (Å²) >= 11 is 1.75. The highest BCUT2D eigenvalue weighted by Crippen LogP contribution is 2.44. The molecule has 0 radical (unpaired) electrons. The van der Waals surface area contributed by atoms with E-state index < -0.39 is 0 Å². The first-order valence-corrected chi connectivity index (χ1v) is 22.1. The third-order valence-electron chi connectivity index (χ3n) is 12.6. The van der Waals surface area contributed by atoms with Crippen molar-refractivity contribution in [2.75, 3.05) is 0 Å². The Morgan fingerprint density at radius 1 is 0.381 bits per heavy atom. The van der Waals surface area contributed by atoms with Crippen molar-refractivity contribution in [1.29, 1.82) is 0 Å². The second kappa shape index (κ2) is 14.2. The number of nitrogens with zero attached hydrogens (tertiary/aromatic N) is 4. The average Bonchev–Trinajstić information content (AvgIpc) is 4.05. The second-order valence-corrected chi connectivity index (χ2v) is 17.2. The molecule has 0 amide bonds. The topological polar surface area (TPSA) is 35.6 Å².